The summed E-state index contributed by atoms with van der Waals surface area (Å²) in [5.74, 6) is 0.293. The average Bonchev–Trinajstić information content (AvgIpc) is 3.01. The van der Waals surface area contributed by atoms with Gasteiger partial charge in [-0.15, -0.1) is 0 Å². The van der Waals surface area contributed by atoms with E-state index < -0.39 is 0 Å². The first-order valence-corrected chi connectivity index (χ1v) is 7.10. The molecule has 1 heterocycles. The smallest absolute Gasteiger partial charge is 0.287 e. The number of carbonyl (C=O) groups excluding carboxylic acids is 1. The van der Waals surface area contributed by atoms with Crippen LogP contribution in [0.4, 0.5) is 0 Å². The maximum atomic E-state index is 12.1. The van der Waals surface area contributed by atoms with E-state index in [4.69, 9.17) is 4.42 Å². The van der Waals surface area contributed by atoms with Gasteiger partial charge in [0.05, 0.1) is 6.10 Å². The second-order valence-corrected chi connectivity index (χ2v) is 5.62. The molecule has 1 saturated carbocycles. The number of amides is 1. The molecule has 0 radical (unpaired) electrons. The van der Waals surface area contributed by atoms with Gasteiger partial charge >= 0.3 is 0 Å². The maximum absolute atomic E-state index is 12.1. The summed E-state index contributed by atoms with van der Waals surface area (Å²) < 4.78 is 5.55. The molecule has 1 aromatic heterocycles. The molecule has 4 nitrogen and oxygen atoms in total. The van der Waals surface area contributed by atoms with Crippen LogP contribution in [0.15, 0.2) is 28.7 Å². The number of aryl methyl sites for hydroxylation is 1. The van der Waals surface area contributed by atoms with E-state index in [1.807, 2.05) is 25.1 Å². The fraction of sp³-hybridized carbons (Fsp3) is 0.438. The lowest BCUT2D eigenvalue weighted by Crippen LogP contribution is -2.32. The molecule has 1 amide bonds. The van der Waals surface area contributed by atoms with E-state index in [2.05, 4.69) is 5.32 Å². The topological polar surface area (TPSA) is 62.5 Å². The molecule has 0 saturated heterocycles. The summed E-state index contributed by atoms with van der Waals surface area (Å²) in [5.41, 5.74) is 1.86. The van der Waals surface area contributed by atoms with Gasteiger partial charge in [0, 0.05) is 17.8 Å². The molecule has 1 aliphatic carbocycles. The van der Waals surface area contributed by atoms with Crippen LogP contribution in [0, 0.1) is 12.8 Å². The third-order valence-corrected chi connectivity index (χ3v) is 4.04. The molecular weight excluding hydrogens is 254 g/mol. The summed E-state index contributed by atoms with van der Waals surface area (Å²) >= 11 is 0. The third kappa shape index (κ3) is 2.56. The van der Waals surface area contributed by atoms with Crippen LogP contribution in [0.25, 0.3) is 11.0 Å². The first kappa shape index (κ1) is 13.2. The van der Waals surface area contributed by atoms with E-state index in [1.54, 1.807) is 6.07 Å². The largest absolute Gasteiger partial charge is 0.451 e. The SMILES string of the molecule is Cc1ccc2oc(C(=O)NCC3CCCC3O)cc2c1. The van der Waals surface area contributed by atoms with Crippen molar-refractivity contribution in [1.29, 1.82) is 0 Å². The first-order chi connectivity index (χ1) is 9.63. The Morgan fingerprint density at radius 2 is 2.25 bits per heavy atom. The van der Waals surface area contributed by atoms with Crippen LogP contribution in [0.5, 0.6) is 0 Å². The average molecular weight is 273 g/mol. The van der Waals surface area contributed by atoms with Gasteiger partial charge in [0.15, 0.2) is 5.76 Å². The highest BCUT2D eigenvalue weighted by molar-refractivity contribution is 5.96. The number of fused-ring (bicyclic) bond motifs is 1. The Bertz CT molecular complexity index is 632. The minimum absolute atomic E-state index is 0.172. The second-order valence-electron chi connectivity index (χ2n) is 5.62. The monoisotopic (exact) mass is 273 g/mol. The highest BCUT2D eigenvalue weighted by atomic mass is 16.3. The van der Waals surface area contributed by atoms with Gasteiger partial charge in [-0.1, -0.05) is 18.1 Å². The number of hydrogen-bond donors (Lipinski definition) is 2. The van der Waals surface area contributed by atoms with Crippen LogP contribution in [0.3, 0.4) is 0 Å². The number of carbonyl (C=O) groups is 1. The molecule has 0 aliphatic heterocycles. The number of benzene rings is 1. The molecule has 2 aromatic rings. The van der Waals surface area contributed by atoms with Gasteiger partial charge in [0.25, 0.3) is 5.91 Å². The standard InChI is InChI=1S/C16H19NO3/c1-10-5-6-14-12(7-10)8-15(20-14)16(19)17-9-11-3-2-4-13(11)18/h5-8,11,13,18H,2-4,9H2,1H3,(H,17,19). The predicted molar refractivity (Wildman–Crippen MR) is 76.6 cm³/mol. The molecule has 1 aliphatic rings. The molecule has 3 rings (SSSR count). The lowest BCUT2D eigenvalue weighted by Gasteiger charge is -2.14. The second kappa shape index (κ2) is 5.29. The quantitative estimate of drug-likeness (QED) is 0.903. The molecular formula is C16H19NO3. The van der Waals surface area contributed by atoms with E-state index in [-0.39, 0.29) is 17.9 Å². The maximum Gasteiger partial charge on any atom is 0.287 e. The summed E-state index contributed by atoms with van der Waals surface area (Å²) in [6, 6.07) is 7.60. The van der Waals surface area contributed by atoms with Gasteiger partial charge < -0.3 is 14.8 Å². The van der Waals surface area contributed by atoms with Gasteiger partial charge in [-0.25, -0.2) is 0 Å². The van der Waals surface area contributed by atoms with Crippen molar-refractivity contribution < 1.29 is 14.3 Å². The van der Waals surface area contributed by atoms with Gasteiger partial charge in [-0.3, -0.25) is 4.79 Å². The summed E-state index contributed by atoms with van der Waals surface area (Å²) in [6.45, 7) is 2.52. The Balaban J connectivity index is 1.69. The summed E-state index contributed by atoms with van der Waals surface area (Å²) in [4.78, 5) is 12.1. The van der Waals surface area contributed by atoms with Gasteiger partial charge in [0.2, 0.25) is 0 Å². The van der Waals surface area contributed by atoms with Crippen molar-refractivity contribution in [2.45, 2.75) is 32.3 Å². The zero-order valence-electron chi connectivity index (χ0n) is 11.6. The molecule has 106 valence electrons. The number of hydrogen-bond acceptors (Lipinski definition) is 3. The van der Waals surface area contributed by atoms with E-state index in [0.29, 0.717) is 12.3 Å². The van der Waals surface area contributed by atoms with E-state index >= 15 is 0 Å². The highest BCUT2D eigenvalue weighted by Gasteiger charge is 2.25. The zero-order chi connectivity index (χ0) is 14.1. The number of aliphatic hydroxyl groups is 1. The molecule has 1 aromatic carbocycles. The lowest BCUT2D eigenvalue weighted by molar-refractivity contribution is 0.0892. The molecule has 2 unspecified atom stereocenters. The Morgan fingerprint density at radius 1 is 1.40 bits per heavy atom. The zero-order valence-corrected chi connectivity index (χ0v) is 11.6. The first-order valence-electron chi connectivity index (χ1n) is 7.10. The molecule has 4 heteroatoms. The van der Waals surface area contributed by atoms with E-state index in [0.717, 1.165) is 35.8 Å². The molecule has 0 spiro atoms. The fourth-order valence-electron chi connectivity index (χ4n) is 2.84. The normalized spacial score (nSPS) is 22.3. The summed E-state index contributed by atoms with van der Waals surface area (Å²) in [7, 11) is 0. The van der Waals surface area contributed by atoms with Crippen molar-refractivity contribution >= 4 is 16.9 Å². The third-order valence-electron chi connectivity index (χ3n) is 4.04. The van der Waals surface area contributed by atoms with Crippen LogP contribution >= 0.6 is 0 Å². The van der Waals surface area contributed by atoms with E-state index in [1.165, 1.54) is 0 Å². The molecule has 1 fully saturated rings. The Labute approximate surface area is 117 Å². The number of rotatable bonds is 3. The van der Waals surface area contributed by atoms with Crippen molar-refractivity contribution in [3.8, 4) is 0 Å². The van der Waals surface area contributed by atoms with Crippen molar-refractivity contribution in [2.24, 2.45) is 5.92 Å². The van der Waals surface area contributed by atoms with Gasteiger partial charge in [-0.2, -0.15) is 0 Å². The number of aliphatic hydroxyl groups excluding tert-OH is 1. The molecule has 0 bridgehead atoms. The lowest BCUT2D eigenvalue weighted by atomic mass is 10.1. The van der Waals surface area contributed by atoms with Gasteiger partial charge in [-0.05, 0) is 38.0 Å². The van der Waals surface area contributed by atoms with Crippen molar-refractivity contribution in [3.05, 3.63) is 35.6 Å². The minimum Gasteiger partial charge on any atom is -0.451 e. The van der Waals surface area contributed by atoms with Crippen LogP contribution in [0.1, 0.15) is 35.4 Å². The van der Waals surface area contributed by atoms with Crippen molar-refractivity contribution in [3.63, 3.8) is 0 Å². The predicted octanol–water partition coefficient (Wildman–Crippen LogP) is 2.63. The number of furan rings is 1. The van der Waals surface area contributed by atoms with E-state index in [9.17, 15) is 9.90 Å². The summed E-state index contributed by atoms with van der Waals surface area (Å²) in [6.07, 6.45) is 2.56. The van der Waals surface area contributed by atoms with Crippen molar-refractivity contribution in [1.82, 2.24) is 5.32 Å². The van der Waals surface area contributed by atoms with Crippen LogP contribution in [0.2, 0.25) is 0 Å². The molecule has 20 heavy (non-hydrogen) atoms. The Morgan fingerprint density at radius 3 is 3.00 bits per heavy atom. The number of nitrogens with one attached hydrogen (secondary N) is 1. The molecule has 2 atom stereocenters. The van der Waals surface area contributed by atoms with Crippen LogP contribution in [-0.2, 0) is 0 Å². The van der Waals surface area contributed by atoms with Crippen molar-refractivity contribution in [2.75, 3.05) is 6.54 Å². The highest BCUT2D eigenvalue weighted by Crippen LogP contribution is 2.25. The summed E-state index contributed by atoms with van der Waals surface area (Å²) in [5, 5.41) is 13.5. The van der Waals surface area contributed by atoms with Crippen LogP contribution < -0.4 is 5.32 Å². The minimum atomic E-state index is -0.284. The fourth-order valence-corrected chi connectivity index (χ4v) is 2.84. The van der Waals surface area contributed by atoms with Crippen LogP contribution in [-0.4, -0.2) is 23.7 Å². The van der Waals surface area contributed by atoms with Gasteiger partial charge in [0.1, 0.15) is 5.58 Å². The Kier molecular flexibility index (Phi) is 3.49. The molecule has 2 N–H and O–H groups in total. The Hall–Kier alpha value is -1.81.